The van der Waals surface area contributed by atoms with Crippen molar-refractivity contribution in [3.05, 3.63) is 76.5 Å². The van der Waals surface area contributed by atoms with Crippen molar-refractivity contribution in [2.24, 2.45) is 0 Å². The highest BCUT2D eigenvalue weighted by Gasteiger charge is 2.19. The number of benzene rings is 1. The fourth-order valence-electron chi connectivity index (χ4n) is 3.08. The van der Waals surface area contributed by atoms with Crippen molar-refractivity contribution >= 4 is 23.3 Å². The molecule has 2 aromatic heterocycles. The Morgan fingerprint density at radius 3 is 2.32 bits per heavy atom. The molecule has 0 bridgehead atoms. The largest absolute Gasteiger partial charge is 0.459 e. The van der Waals surface area contributed by atoms with Crippen LogP contribution in [0.5, 0.6) is 0 Å². The Hall–Kier alpha value is -3.61. The van der Waals surface area contributed by atoms with Gasteiger partial charge in [-0.25, -0.2) is 0 Å². The van der Waals surface area contributed by atoms with E-state index in [2.05, 4.69) is 15.6 Å². The van der Waals surface area contributed by atoms with E-state index in [-0.39, 0.29) is 23.4 Å². The second kappa shape index (κ2) is 7.96. The normalized spacial score (nSPS) is 10.5. The number of ketones is 1. The summed E-state index contributed by atoms with van der Waals surface area (Å²) in [6.07, 6.45) is 1.44. The van der Waals surface area contributed by atoms with Crippen molar-refractivity contribution in [1.29, 1.82) is 0 Å². The van der Waals surface area contributed by atoms with E-state index in [9.17, 15) is 14.4 Å². The van der Waals surface area contributed by atoms with Crippen LogP contribution in [0.25, 0.3) is 0 Å². The summed E-state index contributed by atoms with van der Waals surface area (Å²) in [7, 11) is 0. The molecule has 0 saturated carbocycles. The van der Waals surface area contributed by atoms with Gasteiger partial charge in [-0.3, -0.25) is 14.4 Å². The summed E-state index contributed by atoms with van der Waals surface area (Å²) in [6, 6.07) is 10.4. The highest BCUT2D eigenvalue weighted by molar-refractivity contribution is 6.03. The Bertz CT molecular complexity index is 1010. The first-order chi connectivity index (χ1) is 13.4. The van der Waals surface area contributed by atoms with E-state index >= 15 is 0 Å². The van der Waals surface area contributed by atoms with Crippen LogP contribution < -0.4 is 10.6 Å². The monoisotopic (exact) mass is 379 g/mol. The lowest BCUT2D eigenvalue weighted by molar-refractivity contribution is 0.0944. The fraction of sp³-hybridized carbons (Fsp3) is 0.190. The Kier molecular flexibility index (Phi) is 5.44. The van der Waals surface area contributed by atoms with Gasteiger partial charge in [-0.1, -0.05) is 12.1 Å². The van der Waals surface area contributed by atoms with Crippen molar-refractivity contribution in [2.45, 2.75) is 27.3 Å². The van der Waals surface area contributed by atoms with Crippen LogP contribution in [0.2, 0.25) is 0 Å². The molecule has 0 aliphatic carbocycles. The molecule has 3 aromatic rings. The average Bonchev–Trinajstić information content (AvgIpc) is 3.29. The number of carbonyl (C=O) groups is 3. The zero-order valence-electron chi connectivity index (χ0n) is 15.9. The molecule has 3 N–H and O–H groups in total. The van der Waals surface area contributed by atoms with Gasteiger partial charge in [0.25, 0.3) is 11.8 Å². The summed E-state index contributed by atoms with van der Waals surface area (Å²) in [5.74, 6) is -0.441. The Morgan fingerprint density at radius 1 is 1.04 bits per heavy atom. The van der Waals surface area contributed by atoms with Gasteiger partial charge >= 0.3 is 0 Å². The maximum absolute atomic E-state index is 12.4. The van der Waals surface area contributed by atoms with E-state index in [1.54, 1.807) is 38.1 Å². The Balaban J connectivity index is 1.61. The van der Waals surface area contributed by atoms with E-state index in [1.807, 2.05) is 12.1 Å². The number of hydrogen-bond acceptors (Lipinski definition) is 4. The number of furan rings is 1. The summed E-state index contributed by atoms with van der Waals surface area (Å²) in [6.45, 7) is 5.33. The Labute approximate surface area is 162 Å². The van der Waals surface area contributed by atoms with Gasteiger partial charge in [-0.05, 0) is 56.2 Å². The standard InChI is InChI=1S/C21H21N3O4/c1-12-18(14(3)25)13(2)23-19(12)21(27)22-11-15-6-8-16(9-7-15)24-20(26)17-5-4-10-28-17/h4-10,23H,11H2,1-3H3,(H,22,27)(H,24,26). The van der Waals surface area contributed by atoms with Crippen LogP contribution in [0.1, 0.15) is 55.1 Å². The molecule has 0 spiro atoms. The number of H-pyrrole nitrogens is 1. The van der Waals surface area contributed by atoms with Crippen molar-refractivity contribution in [1.82, 2.24) is 10.3 Å². The van der Waals surface area contributed by atoms with E-state index < -0.39 is 0 Å². The van der Waals surface area contributed by atoms with Crippen molar-refractivity contribution in [3.63, 3.8) is 0 Å². The second-order valence-electron chi connectivity index (χ2n) is 6.49. The lowest BCUT2D eigenvalue weighted by atomic mass is 10.1. The number of nitrogens with one attached hydrogen (secondary N) is 3. The van der Waals surface area contributed by atoms with E-state index in [1.165, 1.54) is 13.2 Å². The van der Waals surface area contributed by atoms with Gasteiger partial charge in [0, 0.05) is 23.5 Å². The molecule has 2 heterocycles. The van der Waals surface area contributed by atoms with E-state index in [4.69, 9.17) is 4.42 Å². The van der Waals surface area contributed by atoms with Crippen LogP contribution in [0.15, 0.2) is 47.1 Å². The van der Waals surface area contributed by atoms with Crippen LogP contribution in [0.3, 0.4) is 0 Å². The van der Waals surface area contributed by atoms with Gasteiger partial charge in [0.15, 0.2) is 11.5 Å². The zero-order chi connectivity index (χ0) is 20.3. The number of aryl methyl sites for hydroxylation is 1. The van der Waals surface area contributed by atoms with E-state index in [0.717, 1.165) is 5.56 Å². The summed E-state index contributed by atoms with van der Waals surface area (Å²) >= 11 is 0. The van der Waals surface area contributed by atoms with Gasteiger partial charge in [-0.15, -0.1) is 0 Å². The minimum Gasteiger partial charge on any atom is -0.459 e. The molecule has 28 heavy (non-hydrogen) atoms. The number of aromatic amines is 1. The SMILES string of the molecule is CC(=O)c1c(C)[nH]c(C(=O)NCc2ccc(NC(=O)c3ccco3)cc2)c1C. The molecule has 0 saturated heterocycles. The van der Waals surface area contributed by atoms with Gasteiger partial charge in [0.05, 0.1) is 6.26 Å². The maximum Gasteiger partial charge on any atom is 0.291 e. The summed E-state index contributed by atoms with van der Waals surface area (Å²) in [5, 5.41) is 5.57. The van der Waals surface area contributed by atoms with Crippen molar-refractivity contribution in [3.8, 4) is 0 Å². The number of Topliss-reactive ketones (excluding diaryl/α,β-unsaturated/α-hetero) is 1. The molecule has 7 nitrogen and oxygen atoms in total. The molecule has 0 aliphatic rings. The first kappa shape index (κ1) is 19.2. The number of carbonyl (C=O) groups excluding carboxylic acids is 3. The first-order valence-electron chi connectivity index (χ1n) is 8.79. The van der Waals surface area contributed by atoms with Crippen LogP contribution in [0.4, 0.5) is 5.69 Å². The predicted molar refractivity (Wildman–Crippen MR) is 105 cm³/mol. The van der Waals surface area contributed by atoms with Gasteiger partial charge in [0.2, 0.25) is 0 Å². The molecule has 0 radical (unpaired) electrons. The minimum atomic E-state index is -0.329. The number of hydrogen-bond donors (Lipinski definition) is 3. The van der Waals surface area contributed by atoms with Crippen molar-refractivity contribution < 1.29 is 18.8 Å². The van der Waals surface area contributed by atoms with Crippen molar-refractivity contribution in [2.75, 3.05) is 5.32 Å². The number of amides is 2. The Morgan fingerprint density at radius 2 is 1.75 bits per heavy atom. The van der Waals surface area contributed by atoms with Crippen LogP contribution >= 0.6 is 0 Å². The quantitative estimate of drug-likeness (QED) is 0.569. The average molecular weight is 379 g/mol. The first-order valence-corrected chi connectivity index (χ1v) is 8.79. The smallest absolute Gasteiger partial charge is 0.291 e. The maximum atomic E-state index is 12.4. The van der Waals surface area contributed by atoms with Crippen LogP contribution in [-0.2, 0) is 6.54 Å². The lowest BCUT2D eigenvalue weighted by Crippen LogP contribution is -2.24. The van der Waals surface area contributed by atoms with Gasteiger partial charge in [0.1, 0.15) is 5.69 Å². The third-order valence-electron chi connectivity index (χ3n) is 4.43. The molecular formula is C21H21N3O4. The molecule has 0 fully saturated rings. The molecule has 0 atom stereocenters. The fourth-order valence-corrected chi connectivity index (χ4v) is 3.08. The van der Waals surface area contributed by atoms with E-state index in [0.29, 0.717) is 34.7 Å². The van der Waals surface area contributed by atoms with Gasteiger partial charge < -0.3 is 20.0 Å². The number of rotatable bonds is 6. The molecular weight excluding hydrogens is 358 g/mol. The molecule has 2 amide bonds. The molecule has 0 aliphatic heterocycles. The molecule has 7 heteroatoms. The molecule has 1 aromatic carbocycles. The topological polar surface area (TPSA) is 104 Å². The second-order valence-corrected chi connectivity index (χ2v) is 6.49. The third-order valence-corrected chi connectivity index (χ3v) is 4.43. The minimum absolute atomic E-state index is 0.0718. The third kappa shape index (κ3) is 4.03. The van der Waals surface area contributed by atoms with Gasteiger partial charge in [-0.2, -0.15) is 0 Å². The predicted octanol–water partition coefficient (Wildman–Crippen LogP) is 3.61. The molecule has 0 unspecified atom stereocenters. The summed E-state index contributed by atoms with van der Waals surface area (Å²) in [5.41, 5.74) is 3.78. The zero-order valence-corrected chi connectivity index (χ0v) is 15.9. The number of anilines is 1. The summed E-state index contributed by atoms with van der Waals surface area (Å²) < 4.78 is 5.05. The lowest BCUT2D eigenvalue weighted by Gasteiger charge is -2.07. The van der Waals surface area contributed by atoms with Crippen LogP contribution in [0, 0.1) is 13.8 Å². The number of aromatic nitrogens is 1. The highest BCUT2D eigenvalue weighted by atomic mass is 16.3. The summed E-state index contributed by atoms with van der Waals surface area (Å²) in [4.78, 5) is 39.1. The van der Waals surface area contributed by atoms with Crippen LogP contribution in [-0.4, -0.2) is 22.6 Å². The molecule has 3 rings (SSSR count). The molecule has 144 valence electrons. The highest BCUT2D eigenvalue weighted by Crippen LogP contribution is 2.18.